The summed E-state index contributed by atoms with van der Waals surface area (Å²) in [5, 5.41) is 7.89. The summed E-state index contributed by atoms with van der Waals surface area (Å²) in [6, 6.07) is 0.529. The molecule has 0 bridgehead atoms. The minimum atomic E-state index is 0.529. The minimum absolute atomic E-state index is 0.529. The van der Waals surface area contributed by atoms with E-state index < -0.39 is 0 Å². The molecular formula is C11H22N6. The number of hydrogen-bond acceptors (Lipinski definition) is 5. The molecule has 1 unspecified atom stereocenters. The van der Waals surface area contributed by atoms with Crippen molar-refractivity contribution in [1.29, 1.82) is 0 Å². The van der Waals surface area contributed by atoms with Crippen LogP contribution in [0, 0.1) is 0 Å². The fraction of sp³-hybridized carbons (Fsp3) is 0.818. The summed E-state index contributed by atoms with van der Waals surface area (Å²) in [7, 11) is 1.93. The van der Waals surface area contributed by atoms with Gasteiger partial charge in [0.25, 0.3) is 0 Å². The van der Waals surface area contributed by atoms with Crippen LogP contribution in [0.4, 0.5) is 5.82 Å². The third kappa shape index (κ3) is 2.58. The minimum Gasteiger partial charge on any atom is -0.353 e. The van der Waals surface area contributed by atoms with Gasteiger partial charge in [-0.1, -0.05) is 12.1 Å². The molecule has 1 atom stereocenters. The van der Waals surface area contributed by atoms with Crippen LogP contribution in [0.1, 0.15) is 13.3 Å². The van der Waals surface area contributed by atoms with Gasteiger partial charge in [0.15, 0.2) is 0 Å². The molecule has 1 saturated heterocycles. The van der Waals surface area contributed by atoms with Gasteiger partial charge in [0.05, 0.1) is 6.20 Å². The second-order valence-electron chi connectivity index (χ2n) is 4.54. The molecule has 1 aliphatic rings. The maximum Gasteiger partial charge on any atom is 0.147 e. The molecule has 6 heteroatoms. The highest BCUT2D eigenvalue weighted by molar-refractivity contribution is 5.36. The van der Waals surface area contributed by atoms with Crippen LogP contribution in [-0.4, -0.2) is 58.7 Å². The smallest absolute Gasteiger partial charge is 0.147 e. The zero-order valence-electron chi connectivity index (χ0n) is 10.7. The van der Waals surface area contributed by atoms with Gasteiger partial charge >= 0.3 is 0 Å². The van der Waals surface area contributed by atoms with E-state index in [0.717, 1.165) is 45.0 Å². The lowest BCUT2D eigenvalue weighted by atomic mass is 10.1. The summed E-state index contributed by atoms with van der Waals surface area (Å²) in [6.45, 7) is 7.15. The van der Waals surface area contributed by atoms with E-state index in [0.29, 0.717) is 6.04 Å². The van der Waals surface area contributed by atoms with Crippen LogP contribution in [-0.2, 0) is 7.05 Å². The molecule has 0 amide bonds. The van der Waals surface area contributed by atoms with Gasteiger partial charge < -0.3 is 10.6 Å². The average molecular weight is 238 g/mol. The predicted octanol–water partition coefficient (Wildman–Crippen LogP) is -0.326. The van der Waals surface area contributed by atoms with E-state index in [9.17, 15) is 0 Å². The molecule has 2 heterocycles. The van der Waals surface area contributed by atoms with E-state index in [1.807, 2.05) is 17.9 Å². The summed E-state index contributed by atoms with van der Waals surface area (Å²) in [6.07, 6.45) is 2.96. The summed E-state index contributed by atoms with van der Waals surface area (Å²) < 4.78 is 1.83. The quantitative estimate of drug-likeness (QED) is 0.778. The van der Waals surface area contributed by atoms with E-state index in [4.69, 9.17) is 5.73 Å². The Morgan fingerprint density at radius 1 is 1.35 bits per heavy atom. The summed E-state index contributed by atoms with van der Waals surface area (Å²) >= 11 is 0. The molecule has 96 valence electrons. The summed E-state index contributed by atoms with van der Waals surface area (Å²) in [5.41, 5.74) is 5.79. The molecule has 6 nitrogen and oxygen atoms in total. The number of aromatic nitrogens is 3. The molecular weight excluding hydrogens is 216 g/mol. The highest BCUT2D eigenvalue weighted by Gasteiger charge is 2.23. The molecule has 0 aliphatic carbocycles. The molecule has 0 aromatic carbocycles. The third-order valence-corrected chi connectivity index (χ3v) is 3.59. The molecule has 1 aromatic heterocycles. The fourth-order valence-electron chi connectivity index (χ4n) is 2.46. The Kier molecular flexibility index (Phi) is 3.96. The molecule has 0 spiro atoms. The van der Waals surface area contributed by atoms with Gasteiger partial charge in [0.2, 0.25) is 0 Å². The van der Waals surface area contributed by atoms with Crippen molar-refractivity contribution >= 4 is 5.82 Å². The molecule has 2 rings (SSSR count). The number of nitrogens with zero attached hydrogens (tertiary/aromatic N) is 5. The van der Waals surface area contributed by atoms with Crippen LogP contribution in [0.25, 0.3) is 0 Å². The van der Waals surface area contributed by atoms with Crippen LogP contribution < -0.4 is 10.6 Å². The van der Waals surface area contributed by atoms with E-state index >= 15 is 0 Å². The van der Waals surface area contributed by atoms with E-state index in [1.165, 1.54) is 0 Å². The summed E-state index contributed by atoms with van der Waals surface area (Å²) in [4.78, 5) is 4.82. The molecule has 0 saturated carbocycles. The number of aryl methyl sites for hydroxylation is 1. The van der Waals surface area contributed by atoms with Crippen LogP contribution >= 0.6 is 0 Å². The third-order valence-electron chi connectivity index (χ3n) is 3.59. The number of nitrogens with two attached hydrogens (primary N) is 1. The van der Waals surface area contributed by atoms with Crippen LogP contribution in [0.2, 0.25) is 0 Å². The van der Waals surface area contributed by atoms with Crippen molar-refractivity contribution in [1.82, 2.24) is 19.9 Å². The first kappa shape index (κ1) is 12.3. The number of anilines is 1. The van der Waals surface area contributed by atoms with Gasteiger partial charge in [-0.3, -0.25) is 4.90 Å². The molecule has 17 heavy (non-hydrogen) atoms. The Hall–Kier alpha value is -1.14. The lowest BCUT2D eigenvalue weighted by Gasteiger charge is -2.39. The molecule has 0 radical (unpaired) electrons. The van der Waals surface area contributed by atoms with Crippen molar-refractivity contribution in [3.05, 3.63) is 6.20 Å². The van der Waals surface area contributed by atoms with E-state index in [-0.39, 0.29) is 0 Å². The van der Waals surface area contributed by atoms with Gasteiger partial charge in [0, 0.05) is 45.8 Å². The van der Waals surface area contributed by atoms with Crippen molar-refractivity contribution in [2.45, 2.75) is 19.4 Å². The number of rotatable bonds is 4. The van der Waals surface area contributed by atoms with Crippen molar-refractivity contribution in [2.75, 3.05) is 37.6 Å². The van der Waals surface area contributed by atoms with E-state index in [2.05, 4.69) is 27.0 Å². The van der Waals surface area contributed by atoms with Crippen LogP contribution in [0.5, 0.6) is 0 Å². The molecule has 1 fully saturated rings. The maximum absolute atomic E-state index is 5.79. The van der Waals surface area contributed by atoms with Crippen LogP contribution in [0.3, 0.4) is 0 Å². The van der Waals surface area contributed by atoms with Gasteiger partial charge in [-0.05, 0) is 6.42 Å². The van der Waals surface area contributed by atoms with Gasteiger partial charge in [-0.2, -0.15) is 0 Å². The van der Waals surface area contributed by atoms with Gasteiger partial charge in [-0.15, -0.1) is 5.10 Å². The topological polar surface area (TPSA) is 63.2 Å². The van der Waals surface area contributed by atoms with Crippen molar-refractivity contribution in [3.8, 4) is 0 Å². The van der Waals surface area contributed by atoms with Gasteiger partial charge in [0.1, 0.15) is 5.82 Å². The largest absolute Gasteiger partial charge is 0.353 e. The number of hydrogen-bond donors (Lipinski definition) is 1. The Morgan fingerprint density at radius 3 is 2.53 bits per heavy atom. The van der Waals surface area contributed by atoms with Crippen molar-refractivity contribution < 1.29 is 0 Å². The lowest BCUT2D eigenvalue weighted by Crippen LogP contribution is -2.52. The normalized spacial score (nSPS) is 19.6. The van der Waals surface area contributed by atoms with Gasteiger partial charge in [-0.25, -0.2) is 4.68 Å². The maximum atomic E-state index is 5.79. The highest BCUT2D eigenvalue weighted by Crippen LogP contribution is 2.15. The zero-order chi connectivity index (χ0) is 12.3. The molecule has 1 aliphatic heterocycles. The highest BCUT2D eigenvalue weighted by atomic mass is 15.5. The predicted molar refractivity (Wildman–Crippen MR) is 67.9 cm³/mol. The SMILES string of the molecule is CCC(CN)N1CCN(c2cnnn2C)CC1. The average Bonchev–Trinajstić information content (AvgIpc) is 2.78. The van der Waals surface area contributed by atoms with E-state index in [1.54, 1.807) is 0 Å². The molecule has 2 N–H and O–H groups in total. The first-order valence-corrected chi connectivity index (χ1v) is 6.30. The second-order valence-corrected chi connectivity index (χ2v) is 4.54. The summed E-state index contributed by atoms with van der Waals surface area (Å²) in [5.74, 6) is 1.10. The van der Waals surface area contributed by atoms with Crippen molar-refractivity contribution in [3.63, 3.8) is 0 Å². The second kappa shape index (κ2) is 5.46. The Labute approximate surface area is 102 Å². The zero-order valence-corrected chi connectivity index (χ0v) is 10.7. The Morgan fingerprint density at radius 2 is 2.06 bits per heavy atom. The number of piperazine rings is 1. The van der Waals surface area contributed by atoms with Crippen LogP contribution in [0.15, 0.2) is 6.20 Å². The Balaban J connectivity index is 1.92. The standard InChI is InChI=1S/C11H22N6/c1-3-10(8-12)16-4-6-17(7-5-16)11-9-13-14-15(11)2/h9-10H,3-8,12H2,1-2H3. The Bertz CT molecular complexity index is 337. The first-order valence-electron chi connectivity index (χ1n) is 6.30. The van der Waals surface area contributed by atoms with Crippen molar-refractivity contribution in [2.24, 2.45) is 12.8 Å². The lowest BCUT2D eigenvalue weighted by molar-refractivity contribution is 0.184. The fourth-order valence-corrected chi connectivity index (χ4v) is 2.46. The molecule has 1 aromatic rings. The monoisotopic (exact) mass is 238 g/mol. The first-order chi connectivity index (χ1) is 8.26.